The Morgan fingerprint density at radius 3 is 2.66 bits per heavy atom. The van der Waals surface area contributed by atoms with Gasteiger partial charge in [0, 0.05) is 0 Å². The summed E-state index contributed by atoms with van der Waals surface area (Å²) in [7, 11) is 0. The van der Waals surface area contributed by atoms with Crippen LogP contribution in [0.3, 0.4) is 0 Å². The number of hydrogen-bond acceptors (Lipinski definition) is 2. The first-order valence-corrected chi connectivity index (χ1v) is 12.0. The second kappa shape index (κ2) is 8.55. The molecule has 4 aliphatic rings. The molecule has 0 saturated heterocycles. The van der Waals surface area contributed by atoms with Crippen LogP contribution in [0.25, 0.3) is 0 Å². The molecule has 4 rings (SSSR count). The van der Waals surface area contributed by atoms with Crippen molar-refractivity contribution in [1.82, 2.24) is 0 Å². The molecule has 0 aromatic carbocycles. The lowest BCUT2D eigenvalue weighted by atomic mass is 9.62. The van der Waals surface area contributed by atoms with Gasteiger partial charge in [0.2, 0.25) is 0 Å². The molecule has 2 N–H and O–H groups in total. The molecule has 0 spiro atoms. The second-order valence-electron chi connectivity index (χ2n) is 10.6. The van der Waals surface area contributed by atoms with E-state index in [9.17, 15) is 10.2 Å². The number of rotatable bonds is 6. The third-order valence-electron chi connectivity index (χ3n) is 8.56. The first-order chi connectivity index (χ1) is 13.9. The summed E-state index contributed by atoms with van der Waals surface area (Å²) in [6.45, 7) is 7.10. The van der Waals surface area contributed by atoms with E-state index in [4.69, 9.17) is 0 Å². The molecule has 2 fully saturated rings. The molecule has 2 nitrogen and oxygen atoms in total. The van der Waals surface area contributed by atoms with Crippen LogP contribution >= 0.6 is 0 Å². The fourth-order valence-corrected chi connectivity index (χ4v) is 6.41. The molecule has 0 aromatic rings. The number of aliphatic hydroxyl groups is 2. The number of allylic oxidation sites excluding steroid dienone is 6. The molecular weight excluding hydrogens is 356 g/mol. The number of hydrogen-bond donors (Lipinski definition) is 2. The van der Waals surface area contributed by atoms with E-state index >= 15 is 0 Å². The second-order valence-corrected chi connectivity index (χ2v) is 10.6. The van der Waals surface area contributed by atoms with Crippen LogP contribution in [0.4, 0.5) is 0 Å². The summed E-state index contributed by atoms with van der Waals surface area (Å²) in [4.78, 5) is 0. The molecule has 0 radical (unpaired) electrons. The van der Waals surface area contributed by atoms with Crippen molar-refractivity contribution in [3.63, 3.8) is 0 Å². The van der Waals surface area contributed by atoms with Gasteiger partial charge >= 0.3 is 0 Å². The van der Waals surface area contributed by atoms with Crippen LogP contribution in [0.1, 0.15) is 78.6 Å². The van der Waals surface area contributed by atoms with Crippen LogP contribution < -0.4 is 0 Å². The molecule has 0 amide bonds. The molecule has 2 heteroatoms. The van der Waals surface area contributed by atoms with Gasteiger partial charge < -0.3 is 10.2 Å². The Kier molecular flexibility index (Phi) is 6.23. The Labute approximate surface area is 177 Å². The first-order valence-electron chi connectivity index (χ1n) is 12.0. The molecule has 0 aliphatic heterocycles. The first kappa shape index (κ1) is 21.1. The van der Waals surface area contributed by atoms with Gasteiger partial charge in [-0.2, -0.15) is 0 Å². The Bertz CT molecular complexity index is 723. The van der Waals surface area contributed by atoms with Gasteiger partial charge in [-0.05, 0) is 105 Å². The van der Waals surface area contributed by atoms with Gasteiger partial charge in [0.05, 0.1) is 12.2 Å². The van der Waals surface area contributed by atoms with Crippen molar-refractivity contribution in [3.05, 3.63) is 47.1 Å². The fraction of sp³-hybridized carbons (Fsp3) is 0.704. The zero-order valence-electron chi connectivity index (χ0n) is 18.6. The summed E-state index contributed by atoms with van der Waals surface area (Å²) in [6, 6.07) is 0. The lowest BCUT2D eigenvalue weighted by Gasteiger charge is -2.42. The average Bonchev–Trinajstić information content (AvgIpc) is 3.48. The van der Waals surface area contributed by atoms with Gasteiger partial charge in [-0.25, -0.2) is 0 Å². The Hall–Kier alpha value is -1.12. The minimum absolute atomic E-state index is 0.168. The normalized spacial score (nSPS) is 37.8. The molecule has 0 aromatic heterocycles. The quantitative estimate of drug-likeness (QED) is 0.531. The van der Waals surface area contributed by atoms with E-state index in [0.717, 1.165) is 19.3 Å². The van der Waals surface area contributed by atoms with Crippen molar-refractivity contribution >= 4 is 0 Å². The summed E-state index contributed by atoms with van der Waals surface area (Å²) in [5.74, 6) is 2.40. The number of fused-ring (bicyclic) bond motifs is 1. The highest BCUT2D eigenvalue weighted by Gasteiger charge is 2.49. The van der Waals surface area contributed by atoms with E-state index in [1.54, 1.807) is 0 Å². The van der Waals surface area contributed by atoms with Crippen molar-refractivity contribution in [3.8, 4) is 0 Å². The molecule has 5 unspecified atom stereocenters. The van der Waals surface area contributed by atoms with Crippen molar-refractivity contribution in [2.45, 2.75) is 90.8 Å². The predicted octanol–water partition coefficient (Wildman–Crippen LogP) is 6.12. The molecule has 29 heavy (non-hydrogen) atoms. The summed E-state index contributed by atoms with van der Waals surface area (Å²) in [5.41, 5.74) is 4.67. The van der Waals surface area contributed by atoms with Gasteiger partial charge in [0.1, 0.15) is 0 Å². The lowest BCUT2D eigenvalue weighted by Crippen LogP contribution is -2.34. The summed E-state index contributed by atoms with van der Waals surface area (Å²) < 4.78 is 0. The average molecular weight is 397 g/mol. The summed E-state index contributed by atoms with van der Waals surface area (Å²) in [6.07, 6.45) is 21.3. The third-order valence-corrected chi connectivity index (χ3v) is 8.56. The molecule has 0 heterocycles. The van der Waals surface area contributed by atoms with Gasteiger partial charge in [-0.3, -0.25) is 0 Å². The van der Waals surface area contributed by atoms with Gasteiger partial charge in [0.25, 0.3) is 0 Å². The van der Waals surface area contributed by atoms with E-state index < -0.39 is 0 Å². The molecule has 2 saturated carbocycles. The standard InChI is InChI=1S/C27H40O2/c1-18-6-12-23(28)17-22(18)11-8-20-5-4-16-27(3)24(13-14-25(20)27)19(2)7-15-26(29)21-9-10-21/h5,7-8,11,15,19,21,23-26,28-29H,4,6,9-10,12-14,16-17H2,1-3H3/b11-8+,15-7+/t19?,23-,24?,25?,26?,27?/m0/s1. The topological polar surface area (TPSA) is 40.5 Å². The van der Waals surface area contributed by atoms with Crippen LogP contribution in [-0.2, 0) is 0 Å². The lowest BCUT2D eigenvalue weighted by molar-refractivity contribution is 0.128. The van der Waals surface area contributed by atoms with Crippen LogP contribution in [0.5, 0.6) is 0 Å². The zero-order valence-corrected chi connectivity index (χ0v) is 18.6. The Balaban J connectivity index is 1.45. The third kappa shape index (κ3) is 4.49. The highest BCUT2D eigenvalue weighted by atomic mass is 16.3. The molecular formula is C27H40O2. The van der Waals surface area contributed by atoms with Gasteiger partial charge in [-0.1, -0.05) is 49.8 Å². The van der Waals surface area contributed by atoms with E-state index in [0.29, 0.717) is 29.1 Å². The zero-order chi connectivity index (χ0) is 20.6. The summed E-state index contributed by atoms with van der Waals surface area (Å²) >= 11 is 0. The van der Waals surface area contributed by atoms with Crippen LogP contribution in [0.2, 0.25) is 0 Å². The molecule has 0 bridgehead atoms. The Morgan fingerprint density at radius 1 is 1.10 bits per heavy atom. The van der Waals surface area contributed by atoms with Crippen LogP contribution in [0.15, 0.2) is 47.1 Å². The maximum absolute atomic E-state index is 10.2. The maximum atomic E-state index is 10.2. The predicted molar refractivity (Wildman–Crippen MR) is 120 cm³/mol. The highest BCUT2D eigenvalue weighted by Crippen LogP contribution is 2.58. The minimum atomic E-state index is -0.227. The van der Waals surface area contributed by atoms with Gasteiger partial charge in [0.15, 0.2) is 0 Å². The van der Waals surface area contributed by atoms with Crippen LogP contribution in [-0.4, -0.2) is 22.4 Å². The Morgan fingerprint density at radius 2 is 1.90 bits per heavy atom. The van der Waals surface area contributed by atoms with Crippen molar-refractivity contribution < 1.29 is 10.2 Å². The minimum Gasteiger partial charge on any atom is -0.393 e. The van der Waals surface area contributed by atoms with E-state index in [-0.39, 0.29) is 12.2 Å². The van der Waals surface area contributed by atoms with Crippen molar-refractivity contribution in [1.29, 1.82) is 0 Å². The molecule has 6 atom stereocenters. The largest absolute Gasteiger partial charge is 0.393 e. The highest BCUT2D eigenvalue weighted by molar-refractivity contribution is 5.36. The summed E-state index contributed by atoms with van der Waals surface area (Å²) in [5, 5.41) is 20.3. The van der Waals surface area contributed by atoms with Crippen LogP contribution in [0, 0.1) is 29.1 Å². The van der Waals surface area contributed by atoms with E-state index in [1.807, 2.05) is 0 Å². The molecule has 160 valence electrons. The maximum Gasteiger partial charge on any atom is 0.0749 e. The smallest absolute Gasteiger partial charge is 0.0749 e. The molecule has 4 aliphatic carbocycles. The van der Waals surface area contributed by atoms with Crippen molar-refractivity contribution in [2.24, 2.45) is 29.1 Å². The van der Waals surface area contributed by atoms with Gasteiger partial charge in [-0.15, -0.1) is 0 Å². The van der Waals surface area contributed by atoms with E-state index in [1.165, 1.54) is 55.2 Å². The fourth-order valence-electron chi connectivity index (χ4n) is 6.41. The van der Waals surface area contributed by atoms with Crippen molar-refractivity contribution in [2.75, 3.05) is 0 Å². The SMILES string of the molecule is CC1=C(/C=C/C2=CCCC3(C)C2CCC3C(C)/C=C/C(O)C2CC2)C[C@@H](O)CC1. The van der Waals surface area contributed by atoms with E-state index in [2.05, 4.69) is 51.2 Å². The monoisotopic (exact) mass is 396 g/mol. The number of aliphatic hydroxyl groups excluding tert-OH is 2.